The molecule has 0 bridgehead atoms. The van der Waals surface area contributed by atoms with Crippen LogP contribution in [0, 0.1) is 0 Å². The number of carbonyl (C=O) groups is 2. The van der Waals surface area contributed by atoms with Crippen molar-refractivity contribution >= 4 is 40.6 Å². The molecule has 128 valence electrons. The molecule has 0 saturated carbocycles. The second-order valence-corrected chi connectivity index (χ2v) is 7.32. The Morgan fingerprint density at radius 2 is 1.92 bits per heavy atom. The van der Waals surface area contributed by atoms with Gasteiger partial charge in [0.15, 0.2) is 0 Å². The highest BCUT2D eigenvalue weighted by Crippen LogP contribution is 2.23. The first-order valence-electron chi connectivity index (χ1n) is 7.73. The van der Waals surface area contributed by atoms with Crippen LogP contribution >= 0.6 is 23.1 Å². The Kier molecular flexibility index (Phi) is 7.81. The van der Waals surface area contributed by atoms with Gasteiger partial charge in [-0.25, -0.2) is 0 Å². The number of benzene rings is 1. The SMILES string of the molecule is NCCCCNC(=O)c1ccc(NC(=O)CSc2cccs2)cc1. The lowest BCUT2D eigenvalue weighted by atomic mass is 10.2. The first-order chi connectivity index (χ1) is 11.7. The molecule has 5 nitrogen and oxygen atoms in total. The highest BCUT2D eigenvalue weighted by Gasteiger charge is 2.07. The van der Waals surface area contributed by atoms with Crippen molar-refractivity contribution in [3.05, 3.63) is 47.3 Å². The fraction of sp³-hybridized carbons (Fsp3) is 0.294. The van der Waals surface area contributed by atoms with E-state index in [1.807, 2.05) is 17.5 Å². The van der Waals surface area contributed by atoms with Gasteiger partial charge in [0.25, 0.3) is 5.91 Å². The summed E-state index contributed by atoms with van der Waals surface area (Å²) in [6.07, 6.45) is 1.77. The molecular weight excluding hydrogens is 342 g/mol. The van der Waals surface area contributed by atoms with Crippen LogP contribution in [0.4, 0.5) is 5.69 Å². The van der Waals surface area contributed by atoms with Crippen molar-refractivity contribution in [2.24, 2.45) is 5.73 Å². The van der Waals surface area contributed by atoms with Gasteiger partial charge in [0.1, 0.15) is 0 Å². The number of hydrogen-bond acceptors (Lipinski definition) is 5. The predicted octanol–water partition coefficient (Wildman–Crippen LogP) is 2.95. The average Bonchev–Trinajstić information content (AvgIpc) is 3.11. The summed E-state index contributed by atoms with van der Waals surface area (Å²) in [7, 11) is 0. The number of nitrogens with two attached hydrogens (primary N) is 1. The van der Waals surface area contributed by atoms with Crippen LogP contribution in [0.2, 0.25) is 0 Å². The summed E-state index contributed by atoms with van der Waals surface area (Å²) >= 11 is 3.13. The largest absolute Gasteiger partial charge is 0.352 e. The van der Waals surface area contributed by atoms with E-state index in [0.29, 0.717) is 30.1 Å². The maximum Gasteiger partial charge on any atom is 0.251 e. The highest BCUT2D eigenvalue weighted by molar-refractivity contribution is 8.01. The number of hydrogen-bond donors (Lipinski definition) is 3. The molecule has 0 aliphatic heterocycles. The molecule has 4 N–H and O–H groups in total. The highest BCUT2D eigenvalue weighted by atomic mass is 32.2. The van der Waals surface area contributed by atoms with E-state index in [0.717, 1.165) is 17.1 Å². The predicted molar refractivity (Wildman–Crippen MR) is 101 cm³/mol. The van der Waals surface area contributed by atoms with Gasteiger partial charge in [-0.05, 0) is 55.1 Å². The molecule has 7 heteroatoms. The lowest BCUT2D eigenvalue weighted by Crippen LogP contribution is -2.24. The molecule has 0 unspecified atom stereocenters. The topological polar surface area (TPSA) is 84.2 Å². The summed E-state index contributed by atoms with van der Waals surface area (Å²) in [4.78, 5) is 23.9. The van der Waals surface area contributed by atoms with Crippen molar-refractivity contribution in [3.8, 4) is 0 Å². The van der Waals surface area contributed by atoms with Gasteiger partial charge in [-0.15, -0.1) is 23.1 Å². The van der Waals surface area contributed by atoms with Crippen LogP contribution in [0.3, 0.4) is 0 Å². The molecule has 2 aromatic rings. The van der Waals surface area contributed by atoms with Crippen molar-refractivity contribution in [1.82, 2.24) is 5.32 Å². The van der Waals surface area contributed by atoms with Gasteiger partial charge in [0.05, 0.1) is 9.96 Å². The summed E-state index contributed by atoms with van der Waals surface area (Å²) < 4.78 is 1.12. The normalized spacial score (nSPS) is 10.4. The van der Waals surface area contributed by atoms with Gasteiger partial charge in [-0.2, -0.15) is 0 Å². The minimum atomic E-state index is -0.113. The standard InChI is InChI=1S/C17H21N3O2S2/c18-9-1-2-10-19-17(22)13-5-7-14(8-6-13)20-15(21)12-24-16-4-3-11-23-16/h3-8,11H,1-2,9-10,12,18H2,(H,19,22)(H,20,21). The molecule has 1 aromatic heterocycles. The number of unbranched alkanes of at least 4 members (excludes halogenated alkanes) is 1. The molecule has 2 amide bonds. The third-order valence-electron chi connectivity index (χ3n) is 3.19. The Balaban J connectivity index is 1.76. The Bertz CT molecular complexity index is 642. The van der Waals surface area contributed by atoms with Crippen molar-refractivity contribution in [2.75, 3.05) is 24.2 Å². The van der Waals surface area contributed by atoms with E-state index in [-0.39, 0.29) is 11.8 Å². The van der Waals surface area contributed by atoms with E-state index in [4.69, 9.17) is 5.73 Å². The zero-order valence-electron chi connectivity index (χ0n) is 13.3. The van der Waals surface area contributed by atoms with Gasteiger partial charge in [-0.1, -0.05) is 6.07 Å². The second kappa shape index (κ2) is 10.1. The number of amides is 2. The van der Waals surface area contributed by atoms with Gasteiger partial charge in [0, 0.05) is 17.8 Å². The lowest BCUT2D eigenvalue weighted by molar-refractivity contribution is -0.113. The summed E-state index contributed by atoms with van der Waals surface area (Å²) in [5, 5.41) is 7.66. The van der Waals surface area contributed by atoms with E-state index < -0.39 is 0 Å². The van der Waals surface area contributed by atoms with Crippen LogP contribution in [0.15, 0.2) is 46.0 Å². The third kappa shape index (κ3) is 6.35. The molecule has 0 fully saturated rings. The summed E-state index contributed by atoms with van der Waals surface area (Å²) in [6.45, 7) is 1.25. The minimum absolute atomic E-state index is 0.0626. The Labute approximate surface area is 150 Å². The van der Waals surface area contributed by atoms with Crippen LogP contribution in [0.1, 0.15) is 23.2 Å². The van der Waals surface area contributed by atoms with Crippen LogP contribution in [0.5, 0.6) is 0 Å². The first-order valence-corrected chi connectivity index (χ1v) is 9.60. The quantitative estimate of drug-likeness (QED) is 0.472. The van der Waals surface area contributed by atoms with E-state index >= 15 is 0 Å². The minimum Gasteiger partial charge on any atom is -0.352 e. The van der Waals surface area contributed by atoms with E-state index in [9.17, 15) is 9.59 Å². The molecule has 0 radical (unpaired) electrons. The van der Waals surface area contributed by atoms with Crippen molar-refractivity contribution in [3.63, 3.8) is 0 Å². The van der Waals surface area contributed by atoms with E-state index in [1.165, 1.54) is 11.8 Å². The average molecular weight is 364 g/mol. The monoisotopic (exact) mass is 363 g/mol. The zero-order valence-corrected chi connectivity index (χ0v) is 14.9. The van der Waals surface area contributed by atoms with E-state index in [2.05, 4.69) is 10.6 Å². The maximum atomic E-state index is 11.9. The Morgan fingerprint density at radius 3 is 2.58 bits per heavy atom. The molecule has 0 spiro atoms. The van der Waals surface area contributed by atoms with Crippen LogP contribution < -0.4 is 16.4 Å². The number of rotatable bonds is 9. The van der Waals surface area contributed by atoms with Crippen molar-refractivity contribution in [1.29, 1.82) is 0 Å². The summed E-state index contributed by atoms with van der Waals surface area (Å²) in [5.41, 5.74) is 6.68. The van der Waals surface area contributed by atoms with E-state index in [1.54, 1.807) is 35.6 Å². The molecule has 2 rings (SSSR count). The second-order valence-electron chi connectivity index (χ2n) is 5.10. The maximum absolute atomic E-state index is 11.9. The number of anilines is 1. The number of carbonyl (C=O) groups excluding carboxylic acids is 2. The zero-order chi connectivity index (χ0) is 17.2. The molecular formula is C17H21N3O2S2. The molecule has 0 atom stereocenters. The molecule has 1 aromatic carbocycles. The van der Waals surface area contributed by atoms with Gasteiger partial charge in [-0.3, -0.25) is 9.59 Å². The first kappa shape index (κ1) is 18.5. The third-order valence-corrected chi connectivity index (χ3v) is 5.32. The molecule has 0 saturated heterocycles. The van der Waals surface area contributed by atoms with Gasteiger partial charge < -0.3 is 16.4 Å². The number of thioether (sulfide) groups is 1. The Morgan fingerprint density at radius 1 is 1.12 bits per heavy atom. The smallest absolute Gasteiger partial charge is 0.251 e. The van der Waals surface area contributed by atoms with Crippen LogP contribution in [0.25, 0.3) is 0 Å². The molecule has 24 heavy (non-hydrogen) atoms. The molecule has 1 heterocycles. The lowest BCUT2D eigenvalue weighted by Gasteiger charge is -2.07. The Hall–Kier alpha value is -1.83. The van der Waals surface area contributed by atoms with Gasteiger partial charge >= 0.3 is 0 Å². The summed E-state index contributed by atoms with van der Waals surface area (Å²) in [6, 6.07) is 10.8. The fourth-order valence-electron chi connectivity index (χ4n) is 1.96. The van der Waals surface area contributed by atoms with Crippen molar-refractivity contribution < 1.29 is 9.59 Å². The molecule has 0 aliphatic carbocycles. The van der Waals surface area contributed by atoms with Gasteiger partial charge in [0.2, 0.25) is 5.91 Å². The summed E-state index contributed by atoms with van der Waals surface area (Å²) in [5.74, 6) is 0.190. The molecule has 0 aliphatic rings. The van der Waals surface area contributed by atoms with Crippen LogP contribution in [-0.2, 0) is 4.79 Å². The fourth-order valence-corrected chi connectivity index (χ4v) is 3.54. The number of nitrogens with one attached hydrogen (secondary N) is 2. The van der Waals surface area contributed by atoms with Crippen molar-refractivity contribution in [2.45, 2.75) is 17.1 Å². The number of thiophene rings is 1. The van der Waals surface area contributed by atoms with Crippen LogP contribution in [-0.4, -0.2) is 30.7 Å².